The maximum absolute atomic E-state index is 12.1. The molecule has 0 saturated carbocycles. The van der Waals surface area contributed by atoms with Crippen LogP contribution in [0, 0.1) is 0 Å². The molecule has 1 aromatic heterocycles. The lowest BCUT2D eigenvalue weighted by molar-refractivity contribution is 0.122. The summed E-state index contributed by atoms with van der Waals surface area (Å²) in [6.07, 6.45) is 2.10. The summed E-state index contributed by atoms with van der Waals surface area (Å²) >= 11 is 0. The van der Waals surface area contributed by atoms with Gasteiger partial charge in [-0.3, -0.25) is 9.78 Å². The fourth-order valence-electron chi connectivity index (χ4n) is 3.34. The Bertz CT molecular complexity index is 740. The van der Waals surface area contributed by atoms with Gasteiger partial charge in [0.05, 0.1) is 13.2 Å². The molecule has 2 saturated heterocycles. The number of nitrogens with zero attached hydrogens (tertiary/aromatic N) is 3. The molecular weight excluding hydrogens is 304 g/mol. The van der Waals surface area contributed by atoms with E-state index in [1.807, 2.05) is 6.07 Å². The van der Waals surface area contributed by atoms with Crippen molar-refractivity contribution in [3.63, 3.8) is 0 Å². The number of rotatable bonds is 4. The zero-order valence-corrected chi connectivity index (χ0v) is 13.6. The van der Waals surface area contributed by atoms with Gasteiger partial charge in [-0.2, -0.15) is 4.98 Å². The lowest BCUT2D eigenvalue weighted by atomic mass is 9.96. The summed E-state index contributed by atoms with van der Waals surface area (Å²) in [6.45, 7) is 3.87. The smallest absolute Gasteiger partial charge is 0.254 e. The molecule has 126 valence electrons. The summed E-state index contributed by atoms with van der Waals surface area (Å²) in [4.78, 5) is 24.0. The molecule has 1 N–H and O–H groups in total. The average molecular weight is 326 g/mol. The van der Waals surface area contributed by atoms with E-state index in [0.717, 1.165) is 38.3 Å². The summed E-state index contributed by atoms with van der Waals surface area (Å²) in [6, 6.07) is 12.5. The molecule has 1 aromatic carbocycles. The number of hydrogen-bond acceptors (Lipinski definition) is 5. The highest BCUT2D eigenvalue weighted by Gasteiger charge is 2.30. The van der Waals surface area contributed by atoms with Crippen molar-refractivity contribution in [3.8, 4) is 0 Å². The van der Waals surface area contributed by atoms with Crippen LogP contribution < -0.4 is 15.4 Å². The molecule has 2 fully saturated rings. The fourth-order valence-corrected chi connectivity index (χ4v) is 3.34. The quantitative estimate of drug-likeness (QED) is 0.921. The highest BCUT2D eigenvalue weighted by Crippen LogP contribution is 2.26. The summed E-state index contributed by atoms with van der Waals surface area (Å²) in [5.74, 6) is 1.44. The van der Waals surface area contributed by atoms with Crippen LogP contribution in [0.5, 0.6) is 0 Å². The highest BCUT2D eigenvalue weighted by molar-refractivity contribution is 5.46. The summed E-state index contributed by atoms with van der Waals surface area (Å²) < 4.78 is 5.38. The highest BCUT2D eigenvalue weighted by atomic mass is 16.5. The Hall–Kier alpha value is -2.34. The van der Waals surface area contributed by atoms with Crippen LogP contribution in [0.3, 0.4) is 0 Å². The largest absolute Gasteiger partial charge is 0.378 e. The van der Waals surface area contributed by atoms with Crippen molar-refractivity contribution < 1.29 is 4.74 Å². The normalized spacial score (nSPS) is 20.8. The van der Waals surface area contributed by atoms with Crippen molar-refractivity contribution in [2.45, 2.75) is 18.9 Å². The Kier molecular flexibility index (Phi) is 4.21. The molecule has 3 heterocycles. The van der Waals surface area contributed by atoms with Crippen LogP contribution in [0.25, 0.3) is 0 Å². The molecule has 0 bridgehead atoms. The standard InChI is InChI=1S/C18H22N4O2/c23-17-13-16(21-8-10-24-11-9-21)19-18(20-17)22-7-6-15(22)12-14-4-2-1-3-5-14/h1-5,13,15H,6-12H2,(H,19,20,23)/t15-/m0/s1. The number of aromatic nitrogens is 2. The van der Waals surface area contributed by atoms with Gasteiger partial charge < -0.3 is 14.5 Å². The van der Waals surface area contributed by atoms with Crippen LogP contribution in [-0.4, -0.2) is 48.9 Å². The van der Waals surface area contributed by atoms with Crippen LogP contribution >= 0.6 is 0 Å². The molecule has 4 rings (SSSR count). The first-order valence-electron chi connectivity index (χ1n) is 8.54. The van der Waals surface area contributed by atoms with Crippen molar-refractivity contribution in [1.29, 1.82) is 0 Å². The Labute approximate surface area is 141 Å². The molecule has 1 atom stereocenters. The Morgan fingerprint density at radius 3 is 2.67 bits per heavy atom. The first-order chi connectivity index (χ1) is 11.8. The van der Waals surface area contributed by atoms with Crippen molar-refractivity contribution in [1.82, 2.24) is 9.97 Å². The number of aromatic amines is 1. The Balaban J connectivity index is 1.53. The maximum Gasteiger partial charge on any atom is 0.254 e. The van der Waals surface area contributed by atoms with E-state index < -0.39 is 0 Å². The molecule has 6 nitrogen and oxygen atoms in total. The topological polar surface area (TPSA) is 61.5 Å². The van der Waals surface area contributed by atoms with E-state index in [-0.39, 0.29) is 5.56 Å². The predicted octanol–water partition coefficient (Wildman–Crippen LogP) is 1.43. The van der Waals surface area contributed by atoms with Crippen molar-refractivity contribution in [3.05, 3.63) is 52.3 Å². The lowest BCUT2D eigenvalue weighted by Crippen LogP contribution is -2.50. The minimum absolute atomic E-state index is 0.0909. The summed E-state index contributed by atoms with van der Waals surface area (Å²) in [5.41, 5.74) is 1.23. The number of H-pyrrole nitrogens is 1. The van der Waals surface area contributed by atoms with Crippen LogP contribution in [0.15, 0.2) is 41.2 Å². The van der Waals surface area contributed by atoms with Crippen LogP contribution in [-0.2, 0) is 11.2 Å². The van der Waals surface area contributed by atoms with Gasteiger partial charge in [0.2, 0.25) is 5.95 Å². The average Bonchev–Trinajstić information content (AvgIpc) is 2.60. The van der Waals surface area contributed by atoms with Gasteiger partial charge in [0, 0.05) is 31.7 Å². The van der Waals surface area contributed by atoms with Gasteiger partial charge in [0.25, 0.3) is 5.56 Å². The van der Waals surface area contributed by atoms with Gasteiger partial charge in [0.1, 0.15) is 5.82 Å². The molecule has 2 aliphatic rings. The van der Waals surface area contributed by atoms with Gasteiger partial charge in [-0.25, -0.2) is 0 Å². The molecule has 0 aliphatic carbocycles. The monoisotopic (exact) mass is 326 g/mol. The molecule has 0 unspecified atom stereocenters. The number of nitrogens with one attached hydrogen (secondary N) is 1. The molecule has 24 heavy (non-hydrogen) atoms. The van der Waals surface area contributed by atoms with E-state index in [0.29, 0.717) is 25.2 Å². The second-order valence-corrected chi connectivity index (χ2v) is 6.35. The summed E-state index contributed by atoms with van der Waals surface area (Å²) in [5, 5.41) is 0. The Morgan fingerprint density at radius 1 is 1.17 bits per heavy atom. The molecule has 2 aliphatic heterocycles. The third-order valence-corrected chi connectivity index (χ3v) is 4.78. The molecular formula is C18H22N4O2. The van der Waals surface area contributed by atoms with Gasteiger partial charge in [-0.15, -0.1) is 0 Å². The molecule has 0 radical (unpaired) electrons. The first kappa shape index (κ1) is 15.2. The van der Waals surface area contributed by atoms with E-state index >= 15 is 0 Å². The Morgan fingerprint density at radius 2 is 1.96 bits per heavy atom. The summed E-state index contributed by atoms with van der Waals surface area (Å²) in [7, 11) is 0. The maximum atomic E-state index is 12.1. The minimum Gasteiger partial charge on any atom is -0.378 e. The van der Waals surface area contributed by atoms with Gasteiger partial charge in [-0.1, -0.05) is 30.3 Å². The number of morpholine rings is 1. The van der Waals surface area contributed by atoms with Crippen LogP contribution in [0.1, 0.15) is 12.0 Å². The van der Waals surface area contributed by atoms with Gasteiger partial charge in [0.15, 0.2) is 0 Å². The zero-order chi connectivity index (χ0) is 16.4. The SMILES string of the molecule is O=c1cc(N2CCOCC2)nc(N2CC[C@H]2Cc2ccccc2)[nH]1. The first-order valence-corrected chi connectivity index (χ1v) is 8.54. The van der Waals surface area contributed by atoms with E-state index in [9.17, 15) is 4.79 Å². The molecule has 6 heteroatoms. The van der Waals surface area contributed by atoms with Crippen LogP contribution in [0.4, 0.5) is 11.8 Å². The van der Waals surface area contributed by atoms with E-state index in [4.69, 9.17) is 9.72 Å². The van der Waals surface area contributed by atoms with Crippen molar-refractivity contribution in [2.24, 2.45) is 0 Å². The van der Waals surface area contributed by atoms with E-state index in [1.165, 1.54) is 5.56 Å². The second-order valence-electron chi connectivity index (χ2n) is 6.35. The van der Waals surface area contributed by atoms with Crippen molar-refractivity contribution >= 4 is 11.8 Å². The zero-order valence-electron chi connectivity index (χ0n) is 13.6. The minimum atomic E-state index is -0.0909. The fraction of sp³-hybridized carbons (Fsp3) is 0.444. The van der Waals surface area contributed by atoms with E-state index in [2.05, 4.69) is 39.0 Å². The number of anilines is 2. The third-order valence-electron chi connectivity index (χ3n) is 4.78. The molecule has 0 amide bonds. The number of ether oxygens (including phenoxy) is 1. The van der Waals surface area contributed by atoms with E-state index in [1.54, 1.807) is 6.07 Å². The third kappa shape index (κ3) is 3.14. The number of benzene rings is 1. The van der Waals surface area contributed by atoms with Gasteiger partial charge in [-0.05, 0) is 18.4 Å². The molecule has 2 aromatic rings. The predicted molar refractivity (Wildman–Crippen MR) is 93.8 cm³/mol. The number of hydrogen-bond donors (Lipinski definition) is 1. The molecule has 0 spiro atoms. The van der Waals surface area contributed by atoms with Gasteiger partial charge >= 0.3 is 0 Å². The van der Waals surface area contributed by atoms with Crippen LogP contribution in [0.2, 0.25) is 0 Å². The lowest BCUT2D eigenvalue weighted by Gasteiger charge is -2.42. The van der Waals surface area contributed by atoms with Crippen molar-refractivity contribution in [2.75, 3.05) is 42.6 Å². The second kappa shape index (κ2) is 6.65.